The van der Waals surface area contributed by atoms with E-state index in [9.17, 15) is 8.78 Å². The summed E-state index contributed by atoms with van der Waals surface area (Å²) < 4.78 is 28.9. The van der Waals surface area contributed by atoms with E-state index < -0.39 is 12.3 Å². The van der Waals surface area contributed by atoms with E-state index >= 15 is 0 Å². The van der Waals surface area contributed by atoms with Crippen LogP contribution < -0.4 is 0 Å². The number of alkyl halides is 2. The number of aromatic hydroxyl groups is 1. The van der Waals surface area contributed by atoms with E-state index in [1.165, 1.54) is 18.2 Å². The van der Waals surface area contributed by atoms with Crippen LogP contribution in [0.25, 0.3) is 11.1 Å². The largest absolute Gasteiger partial charge is 0.508 e. The van der Waals surface area contributed by atoms with Crippen LogP contribution in [0, 0.1) is 0 Å². The molecule has 2 aromatic rings. The molecule has 1 aromatic heterocycles. The minimum atomic E-state index is -2.73. The lowest BCUT2D eigenvalue weighted by Crippen LogP contribution is -1.80. The van der Waals surface area contributed by atoms with Crippen molar-refractivity contribution in [1.29, 1.82) is 0 Å². The third-order valence-corrected chi connectivity index (χ3v) is 1.58. The number of hydrogen-bond donors (Lipinski definition) is 1. The molecule has 0 saturated carbocycles. The smallest absolute Gasteiger partial charge is 0.313 e. The summed E-state index contributed by atoms with van der Waals surface area (Å²) in [5, 5.41) is 9.00. The summed E-state index contributed by atoms with van der Waals surface area (Å²) in [7, 11) is 0. The zero-order chi connectivity index (χ0) is 9.42. The maximum Gasteiger partial charge on any atom is 0.313 e. The molecule has 1 heterocycles. The van der Waals surface area contributed by atoms with Gasteiger partial charge in [-0.15, -0.1) is 0 Å². The average molecular weight is 185 g/mol. The molecular formula is C8H5F2NO2. The van der Waals surface area contributed by atoms with Crippen molar-refractivity contribution in [3.63, 3.8) is 0 Å². The number of fused-ring (bicyclic) bond motifs is 1. The van der Waals surface area contributed by atoms with Crippen LogP contribution in [0.4, 0.5) is 8.78 Å². The monoisotopic (exact) mass is 185 g/mol. The lowest BCUT2D eigenvalue weighted by atomic mass is 10.3. The summed E-state index contributed by atoms with van der Waals surface area (Å²) in [6.07, 6.45) is -2.73. The molecule has 13 heavy (non-hydrogen) atoms. The lowest BCUT2D eigenvalue weighted by Gasteiger charge is -1.87. The van der Waals surface area contributed by atoms with E-state index in [-0.39, 0.29) is 11.3 Å². The molecule has 2 rings (SSSR count). The molecule has 0 aliphatic rings. The Morgan fingerprint density at radius 1 is 1.38 bits per heavy atom. The molecule has 0 aliphatic carbocycles. The molecule has 0 unspecified atom stereocenters. The summed E-state index contributed by atoms with van der Waals surface area (Å²) in [4.78, 5) is 3.53. The first kappa shape index (κ1) is 7.97. The number of phenolic OH excluding ortho intramolecular Hbond substituents is 1. The van der Waals surface area contributed by atoms with Crippen molar-refractivity contribution in [3.8, 4) is 5.75 Å². The van der Waals surface area contributed by atoms with Crippen LogP contribution >= 0.6 is 0 Å². The molecule has 0 amide bonds. The first-order valence-electron chi connectivity index (χ1n) is 3.54. The standard InChI is InChI=1S/C8H5F2NO2/c9-7(10)8-11-5-2-1-4(12)3-6(5)13-8/h1-3,7,12H. The van der Waals surface area contributed by atoms with Crippen molar-refractivity contribution in [1.82, 2.24) is 4.98 Å². The number of phenols is 1. The van der Waals surface area contributed by atoms with Crippen molar-refractivity contribution in [3.05, 3.63) is 24.1 Å². The van der Waals surface area contributed by atoms with Gasteiger partial charge >= 0.3 is 6.43 Å². The zero-order valence-electron chi connectivity index (χ0n) is 6.37. The number of halogens is 2. The van der Waals surface area contributed by atoms with E-state index in [0.717, 1.165) is 0 Å². The topological polar surface area (TPSA) is 46.3 Å². The van der Waals surface area contributed by atoms with Crippen molar-refractivity contribution in [2.45, 2.75) is 6.43 Å². The van der Waals surface area contributed by atoms with Crippen LogP contribution in [0.3, 0.4) is 0 Å². The predicted octanol–water partition coefficient (Wildman–Crippen LogP) is 2.47. The molecule has 0 saturated heterocycles. The zero-order valence-corrected chi connectivity index (χ0v) is 6.37. The minimum absolute atomic E-state index is 0.0375. The molecule has 0 radical (unpaired) electrons. The van der Waals surface area contributed by atoms with Gasteiger partial charge in [-0.2, -0.15) is 8.78 Å². The Kier molecular flexibility index (Phi) is 1.65. The number of nitrogens with zero attached hydrogens (tertiary/aromatic N) is 1. The fourth-order valence-electron chi connectivity index (χ4n) is 1.02. The van der Waals surface area contributed by atoms with Gasteiger partial charge in [0.1, 0.15) is 11.3 Å². The number of rotatable bonds is 1. The molecule has 5 heteroatoms. The van der Waals surface area contributed by atoms with Crippen molar-refractivity contribution in [2.75, 3.05) is 0 Å². The van der Waals surface area contributed by atoms with E-state index in [1.54, 1.807) is 0 Å². The first-order valence-corrected chi connectivity index (χ1v) is 3.54. The molecular weight excluding hydrogens is 180 g/mol. The molecule has 3 nitrogen and oxygen atoms in total. The fourth-order valence-corrected chi connectivity index (χ4v) is 1.02. The summed E-state index contributed by atoms with van der Waals surface area (Å²) in [5.74, 6) is -0.662. The number of hydrogen-bond acceptors (Lipinski definition) is 3. The number of benzene rings is 1. The number of oxazole rings is 1. The van der Waals surface area contributed by atoms with Crippen LogP contribution in [0.5, 0.6) is 5.75 Å². The van der Waals surface area contributed by atoms with Crippen LogP contribution in [-0.4, -0.2) is 10.1 Å². The molecule has 0 bridgehead atoms. The quantitative estimate of drug-likeness (QED) is 0.742. The fraction of sp³-hybridized carbons (Fsp3) is 0.125. The summed E-state index contributed by atoms with van der Waals surface area (Å²) in [6, 6.07) is 4.02. The Bertz CT molecular complexity index is 439. The first-order chi connectivity index (χ1) is 6.16. The van der Waals surface area contributed by atoms with Gasteiger partial charge in [-0.25, -0.2) is 4.98 Å². The van der Waals surface area contributed by atoms with Crippen LogP contribution in [-0.2, 0) is 0 Å². The Hall–Kier alpha value is -1.65. The Balaban J connectivity index is 2.62. The Labute approximate surface area is 71.6 Å². The SMILES string of the molecule is Oc1ccc2nc(C(F)F)oc2c1. The maximum absolute atomic E-state index is 12.1. The minimum Gasteiger partial charge on any atom is -0.508 e. The molecule has 68 valence electrons. The predicted molar refractivity (Wildman–Crippen MR) is 40.6 cm³/mol. The summed E-state index contributed by atoms with van der Waals surface area (Å²) in [5.41, 5.74) is 0.475. The molecule has 0 aliphatic heterocycles. The van der Waals surface area contributed by atoms with Gasteiger partial charge in [0.2, 0.25) is 0 Å². The highest BCUT2D eigenvalue weighted by Crippen LogP contribution is 2.25. The van der Waals surface area contributed by atoms with E-state index in [0.29, 0.717) is 5.52 Å². The third-order valence-electron chi connectivity index (χ3n) is 1.58. The summed E-state index contributed by atoms with van der Waals surface area (Å²) in [6.45, 7) is 0. The molecule has 0 atom stereocenters. The van der Waals surface area contributed by atoms with Crippen LogP contribution in [0.2, 0.25) is 0 Å². The van der Waals surface area contributed by atoms with Crippen molar-refractivity contribution >= 4 is 11.1 Å². The van der Waals surface area contributed by atoms with Gasteiger partial charge in [0, 0.05) is 6.07 Å². The van der Waals surface area contributed by atoms with Gasteiger partial charge in [-0.05, 0) is 12.1 Å². The lowest BCUT2D eigenvalue weighted by molar-refractivity contribution is 0.117. The second kappa shape index (κ2) is 2.69. The van der Waals surface area contributed by atoms with Crippen LogP contribution in [0.1, 0.15) is 12.3 Å². The van der Waals surface area contributed by atoms with E-state index in [2.05, 4.69) is 9.40 Å². The van der Waals surface area contributed by atoms with Gasteiger partial charge < -0.3 is 9.52 Å². The summed E-state index contributed by atoms with van der Waals surface area (Å²) >= 11 is 0. The van der Waals surface area contributed by atoms with Gasteiger partial charge in [0.05, 0.1) is 0 Å². The molecule has 1 aromatic carbocycles. The Morgan fingerprint density at radius 2 is 2.15 bits per heavy atom. The van der Waals surface area contributed by atoms with Gasteiger partial charge in [0.25, 0.3) is 5.89 Å². The van der Waals surface area contributed by atoms with E-state index in [1.807, 2.05) is 0 Å². The van der Waals surface area contributed by atoms with Gasteiger partial charge in [-0.1, -0.05) is 0 Å². The third kappa shape index (κ3) is 1.32. The second-order valence-electron chi connectivity index (χ2n) is 2.50. The highest BCUT2D eigenvalue weighted by molar-refractivity contribution is 5.74. The molecule has 1 N–H and O–H groups in total. The van der Waals surface area contributed by atoms with Crippen molar-refractivity contribution < 1.29 is 18.3 Å². The highest BCUT2D eigenvalue weighted by atomic mass is 19.3. The number of aromatic nitrogens is 1. The highest BCUT2D eigenvalue weighted by Gasteiger charge is 2.15. The normalized spacial score (nSPS) is 11.3. The molecule has 0 spiro atoms. The average Bonchev–Trinajstić information content (AvgIpc) is 2.46. The molecule has 0 fully saturated rings. The van der Waals surface area contributed by atoms with Gasteiger partial charge in [-0.3, -0.25) is 0 Å². The van der Waals surface area contributed by atoms with E-state index in [4.69, 9.17) is 5.11 Å². The Morgan fingerprint density at radius 3 is 2.85 bits per heavy atom. The van der Waals surface area contributed by atoms with Crippen LogP contribution in [0.15, 0.2) is 22.6 Å². The van der Waals surface area contributed by atoms with Gasteiger partial charge in [0.15, 0.2) is 5.58 Å². The van der Waals surface area contributed by atoms with Crippen molar-refractivity contribution in [2.24, 2.45) is 0 Å². The second-order valence-corrected chi connectivity index (χ2v) is 2.50. The maximum atomic E-state index is 12.1.